The Labute approximate surface area is 141 Å². The van der Waals surface area contributed by atoms with Crippen LogP contribution in [-0.2, 0) is 6.61 Å². The Morgan fingerprint density at radius 2 is 1.52 bits per heavy atom. The van der Waals surface area contributed by atoms with Crippen molar-refractivity contribution in [3.05, 3.63) is 61.0 Å². The largest absolute Gasteiger partial charge is 0.487 e. The van der Waals surface area contributed by atoms with E-state index in [-0.39, 0.29) is 0 Å². The molecule has 0 bridgehead atoms. The molecule has 110 valence electrons. The lowest BCUT2D eigenvalue weighted by atomic mass is 10.0. The van der Waals surface area contributed by atoms with Crippen LogP contribution in [0.3, 0.4) is 0 Å². The molecule has 0 saturated heterocycles. The highest BCUT2D eigenvalue weighted by molar-refractivity contribution is 9.11. The Bertz CT molecular complexity index is 647. The molecule has 0 amide bonds. The summed E-state index contributed by atoms with van der Waals surface area (Å²) in [5.41, 5.74) is 5.50. The highest BCUT2D eigenvalue weighted by atomic mass is 79.9. The van der Waals surface area contributed by atoms with Crippen LogP contribution in [0, 0.1) is 20.8 Å². The van der Waals surface area contributed by atoms with E-state index < -0.39 is 0 Å². The summed E-state index contributed by atoms with van der Waals surface area (Å²) in [7, 11) is 0. The standard InChI is InChI=1S/C17H16Br2O2/c1-10-4-11(2)14(12(3)5-10)9-21-17-15(18)6-13(8-20)7-16(17)19/h4-8H,9H2,1-3H3. The molecule has 4 heteroatoms. The van der Waals surface area contributed by atoms with E-state index in [0.717, 1.165) is 15.2 Å². The molecule has 2 aromatic carbocycles. The van der Waals surface area contributed by atoms with Gasteiger partial charge in [0.2, 0.25) is 0 Å². The van der Waals surface area contributed by atoms with Crippen LogP contribution < -0.4 is 4.74 Å². The number of halogens is 2. The second-order valence-corrected chi connectivity index (χ2v) is 6.81. The van der Waals surface area contributed by atoms with E-state index in [9.17, 15) is 4.79 Å². The smallest absolute Gasteiger partial charge is 0.150 e. The van der Waals surface area contributed by atoms with Crippen molar-refractivity contribution in [3.8, 4) is 5.75 Å². The molecule has 0 N–H and O–H groups in total. The van der Waals surface area contributed by atoms with E-state index in [1.165, 1.54) is 22.3 Å². The molecule has 0 heterocycles. The lowest BCUT2D eigenvalue weighted by Gasteiger charge is -2.15. The Kier molecular flexibility index (Phi) is 5.22. The first-order valence-electron chi connectivity index (χ1n) is 6.56. The van der Waals surface area contributed by atoms with Gasteiger partial charge in [0.1, 0.15) is 18.6 Å². The van der Waals surface area contributed by atoms with Gasteiger partial charge in [0, 0.05) is 5.56 Å². The van der Waals surface area contributed by atoms with Crippen LogP contribution >= 0.6 is 31.9 Å². The molecule has 0 atom stereocenters. The molecule has 0 aliphatic rings. The number of hydrogen-bond donors (Lipinski definition) is 0. The highest BCUT2D eigenvalue weighted by Gasteiger charge is 2.11. The average molecular weight is 412 g/mol. The monoisotopic (exact) mass is 410 g/mol. The summed E-state index contributed by atoms with van der Waals surface area (Å²) < 4.78 is 7.48. The number of rotatable bonds is 4. The summed E-state index contributed by atoms with van der Waals surface area (Å²) in [6.45, 7) is 6.78. The number of hydrogen-bond acceptors (Lipinski definition) is 2. The fourth-order valence-electron chi connectivity index (χ4n) is 2.37. The molecule has 2 nitrogen and oxygen atoms in total. The molecule has 0 aliphatic heterocycles. The number of benzene rings is 2. The summed E-state index contributed by atoms with van der Waals surface area (Å²) in [6, 6.07) is 7.82. The van der Waals surface area contributed by atoms with Crippen LogP contribution in [0.5, 0.6) is 5.75 Å². The zero-order chi connectivity index (χ0) is 15.6. The minimum absolute atomic E-state index is 0.496. The maximum Gasteiger partial charge on any atom is 0.150 e. The third-order valence-electron chi connectivity index (χ3n) is 3.36. The van der Waals surface area contributed by atoms with E-state index in [4.69, 9.17) is 4.74 Å². The second kappa shape index (κ2) is 6.75. The molecule has 0 fully saturated rings. The molecule has 2 aromatic rings. The molecule has 21 heavy (non-hydrogen) atoms. The first-order chi connectivity index (χ1) is 9.92. The molecule has 2 rings (SSSR count). The summed E-state index contributed by atoms with van der Waals surface area (Å²) in [5, 5.41) is 0. The van der Waals surface area contributed by atoms with E-state index in [0.29, 0.717) is 17.9 Å². The fourth-order valence-corrected chi connectivity index (χ4v) is 3.82. The number of aldehydes is 1. The van der Waals surface area contributed by atoms with Gasteiger partial charge in [-0.15, -0.1) is 0 Å². The van der Waals surface area contributed by atoms with Gasteiger partial charge in [0.05, 0.1) is 8.95 Å². The Morgan fingerprint density at radius 3 is 2.00 bits per heavy atom. The molecule has 0 unspecified atom stereocenters. The maximum atomic E-state index is 10.8. The minimum atomic E-state index is 0.496. The van der Waals surface area contributed by atoms with Crippen molar-refractivity contribution in [1.29, 1.82) is 0 Å². The molecule has 0 saturated carbocycles. The minimum Gasteiger partial charge on any atom is -0.487 e. The van der Waals surface area contributed by atoms with Crippen molar-refractivity contribution in [2.45, 2.75) is 27.4 Å². The van der Waals surface area contributed by atoms with Gasteiger partial charge in [0.25, 0.3) is 0 Å². The van der Waals surface area contributed by atoms with Crippen molar-refractivity contribution < 1.29 is 9.53 Å². The number of carbonyl (C=O) groups excluding carboxylic acids is 1. The van der Waals surface area contributed by atoms with Gasteiger partial charge in [-0.1, -0.05) is 17.7 Å². The van der Waals surface area contributed by atoms with Crippen molar-refractivity contribution >= 4 is 38.1 Å². The van der Waals surface area contributed by atoms with Crippen LogP contribution in [0.15, 0.2) is 33.2 Å². The van der Waals surface area contributed by atoms with Crippen LogP contribution in [0.4, 0.5) is 0 Å². The Morgan fingerprint density at radius 1 is 1.00 bits per heavy atom. The summed E-state index contributed by atoms with van der Waals surface area (Å²) in [5.74, 6) is 0.708. The van der Waals surface area contributed by atoms with Crippen molar-refractivity contribution in [2.24, 2.45) is 0 Å². The third kappa shape index (κ3) is 3.74. The Hall–Kier alpha value is -1.13. The van der Waals surface area contributed by atoms with E-state index in [2.05, 4.69) is 64.8 Å². The van der Waals surface area contributed by atoms with Gasteiger partial charge in [-0.25, -0.2) is 0 Å². The van der Waals surface area contributed by atoms with Crippen LogP contribution in [0.1, 0.15) is 32.6 Å². The lowest BCUT2D eigenvalue weighted by Crippen LogP contribution is -2.02. The van der Waals surface area contributed by atoms with Gasteiger partial charge in [-0.05, 0) is 81.5 Å². The van der Waals surface area contributed by atoms with E-state index >= 15 is 0 Å². The van der Waals surface area contributed by atoms with Crippen LogP contribution in [0.2, 0.25) is 0 Å². The molecular formula is C17H16Br2O2. The highest BCUT2D eigenvalue weighted by Crippen LogP contribution is 2.35. The predicted octanol–water partition coefficient (Wildman–Crippen LogP) is 5.53. The van der Waals surface area contributed by atoms with Crippen molar-refractivity contribution in [2.75, 3.05) is 0 Å². The van der Waals surface area contributed by atoms with Gasteiger partial charge >= 0.3 is 0 Å². The van der Waals surface area contributed by atoms with E-state index in [1.807, 2.05) is 0 Å². The SMILES string of the molecule is Cc1cc(C)c(COc2c(Br)cc(C=O)cc2Br)c(C)c1. The van der Waals surface area contributed by atoms with Crippen molar-refractivity contribution in [3.63, 3.8) is 0 Å². The quantitative estimate of drug-likeness (QED) is 0.618. The van der Waals surface area contributed by atoms with Crippen LogP contribution in [-0.4, -0.2) is 6.29 Å². The summed E-state index contributed by atoms with van der Waals surface area (Å²) >= 11 is 6.89. The van der Waals surface area contributed by atoms with E-state index in [1.54, 1.807) is 12.1 Å². The number of ether oxygens (including phenoxy) is 1. The van der Waals surface area contributed by atoms with Gasteiger partial charge < -0.3 is 4.74 Å². The normalized spacial score (nSPS) is 10.5. The first-order valence-corrected chi connectivity index (χ1v) is 8.14. The average Bonchev–Trinajstić information content (AvgIpc) is 2.39. The molecular weight excluding hydrogens is 396 g/mol. The fraction of sp³-hybridized carbons (Fsp3) is 0.235. The van der Waals surface area contributed by atoms with Gasteiger partial charge in [-0.3, -0.25) is 4.79 Å². The van der Waals surface area contributed by atoms with Crippen LogP contribution in [0.25, 0.3) is 0 Å². The lowest BCUT2D eigenvalue weighted by molar-refractivity contribution is 0.112. The van der Waals surface area contributed by atoms with Gasteiger partial charge in [-0.2, -0.15) is 0 Å². The molecule has 0 spiro atoms. The van der Waals surface area contributed by atoms with Crippen molar-refractivity contribution in [1.82, 2.24) is 0 Å². The Balaban J connectivity index is 2.27. The summed E-state index contributed by atoms with van der Waals surface area (Å²) in [6.07, 6.45) is 0.813. The first kappa shape index (κ1) is 16.2. The zero-order valence-corrected chi connectivity index (χ0v) is 15.3. The molecule has 0 radical (unpaired) electrons. The maximum absolute atomic E-state index is 10.8. The summed E-state index contributed by atoms with van der Waals surface area (Å²) in [4.78, 5) is 10.8. The zero-order valence-electron chi connectivity index (χ0n) is 12.2. The second-order valence-electron chi connectivity index (χ2n) is 5.10. The molecule has 0 aliphatic carbocycles. The molecule has 0 aromatic heterocycles. The third-order valence-corrected chi connectivity index (χ3v) is 4.54. The topological polar surface area (TPSA) is 26.3 Å². The van der Waals surface area contributed by atoms with Gasteiger partial charge in [0.15, 0.2) is 0 Å². The number of carbonyl (C=O) groups is 1. The number of aryl methyl sites for hydroxylation is 3. The predicted molar refractivity (Wildman–Crippen MR) is 92.2 cm³/mol.